The maximum atomic E-state index is 13.0. The molecule has 33 heavy (non-hydrogen) atoms. The van der Waals surface area contributed by atoms with Gasteiger partial charge in [0.2, 0.25) is 5.91 Å². The molecular weight excluding hydrogens is 428 g/mol. The number of hydrogen-bond donors (Lipinski definition) is 0. The number of fused-ring (bicyclic) bond motifs is 1. The molecule has 2 aliphatic heterocycles. The van der Waals surface area contributed by atoms with Crippen LogP contribution in [0, 0.1) is 5.92 Å². The minimum atomic E-state index is 0.276. The van der Waals surface area contributed by atoms with Gasteiger partial charge in [0.05, 0.1) is 5.75 Å². The summed E-state index contributed by atoms with van der Waals surface area (Å²) in [5.74, 6) is 2.46. The summed E-state index contributed by atoms with van der Waals surface area (Å²) in [5, 5.41) is 2.48. The van der Waals surface area contributed by atoms with E-state index in [1.165, 1.54) is 22.1 Å². The molecule has 1 aromatic heterocycles. The third kappa shape index (κ3) is 5.68. The molecule has 0 N–H and O–H groups in total. The van der Waals surface area contributed by atoms with E-state index in [0.717, 1.165) is 58.1 Å². The van der Waals surface area contributed by atoms with Gasteiger partial charge in [0, 0.05) is 56.9 Å². The van der Waals surface area contributed by atoms with Crippen molar-refractivity contribution >= 4 is 34.3 Å². The van der Waals surface area contributed by atoms with E-state index in [0.29, 0.717) is 11.7 Å². The van der Waals surface area contributed by atoms with Crippen LogP contribution in [0.1, 0.15) is 12.8 Å². The van der Waals surface area contributed by atoms with Gasteiger partial charge >= 0.3 is 0 Å². The summed E-state index contributed by atoms with van der Waals surface area (Å²) in [4.78, 5) is 25.7. The zero-order valence-electron chi connectivity index (χ0n) is 19.1. The zero-order chi connectivity index (χ0) is 22.5. The fraction of sp³-hybridized carbons (Fsp3) is 0.407. The Morgan fingerprint density at radius 3 is 2.58 bits per heavy atom. The minimum absolute atomic E-state index is 0.276. The highest BCUT2D eigenvalue weighted by atomic mass is 32.2. The Balaban J connectivity index is 1.09. The Labute approximate surface area is 200 Å². The van der Waals surface area contributed by atoms with E-state index < -0.39 is 0 Å². The predicted octanol–water partition coefficient (Wildman–Crippen LogP) is 4.39. The van der Waals surface area contributed by atoms with E-state index in [4.69, 9.17) is 0 Å². The molecular formula is C27H32N4OS. The van der Waals surface area contributed by atoms with Crippen molar-refractivity contribution in [1.82, 2.24) is 14.8 Å². The quantitative estimate of drug-likeness (QED) is 0.510. The summed E-state index contributed by atoms with van der Waals surface area (Å²) in [7, 11) is 0. The molecule has 2 aliphatic rings. The van der Waals surface area contributed by atoms with Crippen molar-refractivity contribution < 1.29 is 4.79 Å². The number of benzene rings is 2. The Hall–Kier alpha value is -2.57. The van der Waals surface area contributed by atoms with Crippen LogP contribution in [0.2, 0.25) is 0 Å². The topological polar surface area (TPSA) is 39.7 Å². The first kappa shape index (κ1) is 22.2. The van der Waals surface area contributed by atoms with E-state index >= 15 is 0 Å². The molecule has 1 unspecified atom stereocenters. The van der Waals surface area contributed by atoms with Gasteiger partial charge in [-0.05, 0) is 53.8 Å². The first-order valence-corrected chi connectivity index (χ1v) is 13.0. The van der Waals surface area contributed by atoms with Crippen molar-refractivity contribution in [2.24, 2.45) is 5.92 Å². The number of anilines is 1. The van der Waals surface area contributed by atoms with E-state index in [1.807, 2.05) is 12.3 Å². The van der Waals surface area contributed by atoms with Gasteiger partial charge in [-0.25, -0.2) is 4.98 Å². The average molecular weight is 461 g/mol. The molecule has 0 spiro atoms. The molecule has 172 valence electrons. The number of aromatic nitrogens is 1. The van der Waals surface area contributed by atoms with Crippen LogP contribution in [-0.4, -0.2) is 72.3 Å². The van der Waals surface area contributed by atoms with Crippen LogP contribution in [0.5, 0.6) is 0 Å². The standard InChI is InChI=1S/C27H32N4OS/c32-27(21-33-25-11-10-23-7-1-2-8-24(23)18-25)31-13-5-6-22(20-31)19-29-14-16-30(17-15-29)26-9-3-4-12-28-26/h1-4,7-12,18,22H,5-6,13-17,19-21H2. The minimum Gasteiger partial charge on any atom is -0.354 e. The highest BCUT2D eigenvalue weighted by molar-refractivity contribution is 8.00. The third-order valence-corrected chi connectivity index (χ3v) is 7.80. The Morgan fingerprint density at radius 1 is 0.939 bits per heavy atom. The fourth-order valence-electron chi connectivity index (χ4n) is 5.00. The summed E-state index contributed by atoms with van der Waals surface area (Å²) in [5.41, 5.74) is 0. The molecule has 1 atom stereocenters. The molecule has 3 heterocycles. The molecule has 0 bridgehead atoms. The molecule has 5 nitrogen and oxygen atoms in total. The van der Waals surface area contributed by atoms with Crippen molar-refractivity contribution in [1.29, 1.82) is 0 Å². The summed E-state index contributed by atoms with van der Waals surface area (Å²) in [6.07, 6.45) is 4.21. The Bertz CT molecular complexity index is 1070. The number of pyridine rings is 1. The number of piperidine rings is 1. The predicted molar refractivity (Wildman–Crippen MR) is 137 cm³/mol. The molecule has 0 saturated carbocycles. The monoisotopic (exact) mass is 460 g/mol. The smallest absolute Gasteiger partial charge is 0.232 e. The van der Waals surface area contributed by atoms with Crippen molar-refractivity contribution in [3.05, 3.63) is 66.9 Å². The molecule has 5 rings (SSSR count). The van der Waals surface area contributed by atoms with E-state index in [1.54, 1.807) is 11.8 Å². The van der Waals surface area contributed by atoms with Crippen LogP contribution < -0.4 is 4.90 Å². The Morgan fingerprint density at radius 2 is 1.76 bits per heavy atom. The van der Waals surface area contributed by atoms with Crippen LogP contribution in [0.15, 0.2) is 71.8 Å². The van der Waals surface area contributed by atoms with E-state index in [-0.39, 0.29) is 5.91 Å². The van der Waals surface area contributed by atoms with Crippen LogP contribution >= 0.6 is 11.8 Å². The van der Waals surface area contributed by atoms with Gasteiger partial charge in [-0.1, -0.05) is 36.4 Å². The molecule has 2 saturated heterocycles. The molecule has 0 aliphatic carbocycles. The number of likely N-dealkylation sites (tertiary alicyclic amines) is 1. The van der Waals surface area contributed by atoms with Crippen molar-refractivity contribution in [2.45, 2.75) is 17.7 Å². The van der Waals surface area contributed by atoms with Gasteiger partial charge in [-0.2, -0.15) is 0 Å². The second-order valence-corrected chi connectivity index (χ2v) is 10.2. The van der Waals surface area contributed by atoms with E-state index in [2.05, 4.69) is 74.3 Å². The number of nitrogens with zero attached hydrogens (tertiary/aromatic N) is 4. The number of rotatable bonds is 6. The third-order valence-electron chi connectivity index (χ3n) is 6.82. The van der Waals surface area contributed by atoms with Gasteiger partial charge in [-0.3, -0.25) is 9.69 Å². The van der Waals surface area contributed by atoms with Gasteiger partial charge in [0.1, 0.15) is 5.82 Å². The van der Waals surface area contributed by atoms with Gasteiger partial charge in [0.25, 0.3) is 0 Å². The summed E-state index contributed by atoms with van der Waals surface area (Å²) < 4.78 is 0. The number of piperazine rings is 1. The summed E-state index contributed by atoms with van der Waals surface area (Å²) in [6, 6.07) is 21.0. The van der Waals surface area contributed by atoms with Crippen molar-refractivity contribution in [3.8, 4) is 0 Å². The largest absolute Gasteiger partial charge is 0.354 e. The highest BCUT2D eigenvalue weighted by Gasteiger charge is 2.27. The highest BCUT2D eigenvalue weighted by Crippen LogP contribution is 2.25. The summed E-state index contributed by atoms with van der Waals surface area (Å²) >= 11 is 1.66. The first-order chi connectivity index (χ1) is 16.2. The maximum Gasteiger partial charge on any atom is 0.232 e. The Kier molecular flexibility index (Phi) is 7.12. The molecule has 6 heteroatoms. The lowest BCUT2D eigenvalue weighted by Crippen LogP contribution is -2.50. The summed E-state index contributed by atoms with van der Waals surface area (Å²) in [6.45, 7) is 7.08. The second-order valence-electron chi connectivity index (χ2n) is 9.12. The lowest BCUT2D eigenvalue weighted by molar-refractivity contribution is -0.130. The number of carbonyl (C=O) groups excluding carboxylic acids is 1. The van der Waals surface area contributed by atoms with Crippen molar-refractivity contribution in [2.75, 3.05) is 56.5 Å². The SMILES string of the molecule is O=C(CSc1ccc2ccccc2c1)N1CCCC(CN2CCN(c3ccccn3)CC2)C1. The number of thioether (sulfide) groups is 1. The lowest BCUT2D eigenvalue weighted by Gasteiger charge is -2.39. The van der Waals surface area contributed by atoms with Gasteiger partial charge in [0.15, 0.2) is 0 Å². The first-order valence-electron chi connectivity index (χ1n) is 12.0. The molecule has 0 radical (unpaired) electrons. The second kappa shape index (κ2) is 10.6. The molecule has 2 aromatic carbocycles. The van der Waals surface area contributed by atoms with E-state index in [9.17, 15) is 4.79 Å². The number of carbonyl (C=O) groups is 1. The van der Waals surface area contributed by atoms with Crippen molar-refractivity contribution in [3.63, 3.8) is 0 Å². The van der Waals surface area contributed by atoms with Crippen LogP contribution in [0.4, 0.5) is 5.82 Å². The van der Waals surface area contributed by atoms with Crippen LogP contribution in [0.25, 0.3) is 10.8 Å². The zero-order valence-corrected chi connectivity index (χ0v) is 19.9. The van der Waals surface area contributed by atoms with Gasteiger partial charge in [-0.15, -0.1) is 11.8 Å². The molecule has 1 amide bonds. The molecule has 2 fully saturated rings. The molecule has 3 aromatic rings. The normalized spacial score (nSPS) is 19.7. The fourth-order valence-corrected chi connectivity index (χ4v) is 5.85. The average Bonchev–Trinajstić information content (AvgIpc) is 2.88. The number of hydrogen-bond acceptors (Lipinski definition) is 5. The maximum absolute atomic E-state index is 13.0. The number of amides is 1. The lowest BCUT2D eigenvalue weighted by atomic mass is 9.97. The van der Waals surface area contributed by atoms with Gasteiger partial charge < -0.3 is 9.80 Å². The van der Waals surface area contributed by atoms with Crippen LogP contribution in [-0.2, 0) is 4.79 Å². The van der Waals surface area contributed by atoms with Crippen LogP contribution in [0.3, 0.4) is 0 Å².